The summed E-state index contributed by atoms with van der Waals surface area (Å²) < 4.78 is 1.66. The Morgan fingerprint density at radius 2 is 1.96 bits per heavy atom. The molecule has 0 fully saturated rings. The fourth-order valence-electron chi connectivity index (χ4n) is 2.69. The van der Waals surface area contributed by atoms with Gasteiger partial charge in [0.25, 0.3) is 11.5 Å². The Hall–Kier alpha value is -3.24. The fourth-order valence-corrected chi connectivity index (χ4v) is 2.88. The van der Waals surface area contributed by atoms with Crippen molar-refractivity contribution in [2.75, 3.05) is 7.05 Å². The van der Waals surface area contributed by atoms with Crippen LogP contribution >= 0.6 is 12.2 Å². The first-order valence-corrected chi connectivity index (χ1v) is 8.29. The van der Waals surface area contributed by atoms with Gasteiger partial charge in [-0.15, -0.1) is 0 Å². The molecule has 0 aliphatic heterocycles. The molecule has 1 amide bonds. The SMILES string of the molecule is CN(Cc1ccc(C#N)cc1)C(=O)c1ccc2c(=O)n(C)c(=S)[nH]c2c1. The number of amides is 1. The first-order chi connectivity index (χ1) is 12.4. The minimum Gasteiger partial charge on any atom is -0.337 e. The average molecular weight is 364 g/mol. The lowest BCUT2D eigenvalue weighted by atomic mass is 10.1. The van der Waals surface area contributed by atoms with Gasteiger partial charge < -0.3 is 9.88 Å². The van der Waals surface area contributed by atoms with Crippen molar-refractivity contribution in [3.63, 3.8) is 0 Å². The summed E-state index contributed by atoms with van der Waals surface area (Å²) in [6, 6.07) is 14.1. The van der Waals surface area contributed by atoms with Crippen LogP contribution < -0.4 is 5.56 Å². The Bertz CT molecular complexity index is 1150. The zero-order valence-electron chi connectivity index (χ0n) is 14.3. The molecule has 0 saturated carbocycles. The van der Waals surface area contributed by atoms with Crippen LogP contribution in [0.5, 0.6) is 0 Å². The summed E-state index contributed by atoms with van der Waals surface area (Å²) >= 11 is 5.13. The van der Waals surface area contributed by atoms with E-state index in [9.17, 15) is 9.59 Å². The third-order valence-electron chi connectivity index (χ3n) is 4.20. The summed E-state index contributed by atoms with van der Waals surface area (Å²) in [4.78, 5) is 29.5. The molecule has 0 bridgehead atoms. The molecule has 0 aliphatic rings. The lowest BCUT2D eigenvalue weighted by Gasteiger charge is -2.17. The van der Waals surface area contributed by atoms with Gasteiger partial charge in [-0.25, -0.2) is 0 Å². The lowest BCUT2D eigenvalue weighted by molar-refractivity contribution is 0.0785. The minimum absolute atomic E-state index is 0.170. The number of nitrogens with one attached hydrogen (secondary N) is 1. The molecular weight excluding hydrogens is 348 g/mol. The summed E-state index contributed by atoms with van der Waals surface area (Å²) in [7, 11) is 3.31. The van der Waals surface area contributed by atoms with E-state index in [2.05, 4.69) is 11.1 Å². The number of nitriles is 1. The van der Waals surface area contributed by atoms with Crippen LogP contribution in [0.3, 0.4) is 0 Å². The van der Waals surface area contributed by atoms with Crippen LogP contribution in [0.1, 0.15) is 21.5 Å². The standard InChI is InChI=1S/C19H16N4O2S/c1-22(11-13-5-3-12(10-20)4-6-13)17(24)14-7-8-15-16(9-14)21-19(26)23(2)18(15)25/h3-9H,11H2,1-2H3,(H,21,26). The molecule has 26 heavy (non-hydrogen) atoms. The molecule has 2 aromatic carbocycles. The second-order valence-corrected chi connectivity index (χ2v) is 6.41. The average Bonchev–Trinajstić information content (AvgIpc) is 2.65. The Morgan fingerprint density at radius 1 is 1.27 bits per heavy atom. The van der Waals surface area contributed by atoms with Gasteiger partial charge in [0.2, 0.25) is 0 Å². The second-order valence-electron chi connectivity index (χ2n) is 6.02. The normalized spacial score (nSPS) is 10.5. The van der Waals surface area contributed by atoms with E-state index in [0.29, 0.717) is 33.3 Å². The highest BCUT2D eigenvalue weighted by Crippen LogP contribution is 2.14. The number of H-pyrrole nitrogens is 1. The number of rotatable bonds is 3. The zero-order valence-corrected chi connectivity index (χ0v) is 15.1. The summed E-state index contributed by atoms with van der Waals surface area (Å²) in [6.07, 6.45) is 0. The van der Waals surface area contributed by atoms with Crippen LogP contribution in [0.15, 0.2) is 47.3 Å². The van der Waals surface area contributed by atoms with Crippen molar-refractivity contribution in [1.82, 2.24) is 14.5 Å². The molecule has 1 aromatic heterocycles. The molecule has 0 atom stereocenters. The molecule has 1 heterocycles. The maximum absolute atomic E-state index is 12.7. The largest absolute Gasteiger partial charge is 0.337 e. The number of aromatic nitrogens is 2. The molecule has 0 unspecified atom stereocenters. The summed E-state index contributed by atoms with van der Waals surface area (Å²) in [5.74, 6) is -0.170. The third kappa shape index (κ3) is 3.27. The van der Waals surface area contributed by atoms with Crippen LogP contribution in [-0.4, -0.2) is 27.4 Å². The molecule has 7 heteroatoms. The Morgan fingerprint density at radius 3 is 2.62 bits per heavy atom. The van der Waals surface area contributed by atoms with Gasteiger partial charge in [-0.2, -0.15) is 5.26 Å². The first kappa shape index (κ1) is 17.6. The number of aromatic amines is 1. The second kappa shape index (κ2) is 6.94. The maximum Gasteiger partial charge on any atom is 0.261 e. The third-order valence-corrected chi connectivity index (χ3v) is 4.57. The predicted molar refractivity (Wildman–Crippen MR) is 101 cm³/mol. The van der Waals surface area contributed by atoms with Crippen LogP contribution in [0.2, 0.25) is 0 Å². The number of carbonyl (C=O) groups excluding carboxylic acids is 1. The Labute approximate surface area is 154 Å². The van der Waals surface area contributed by atoms with Crippen molar-refractivity contribution in [2.45, 2.75) is 6.54 Å². The topological polar surface area (TPSA) is 81.9 Å². The van der Waals surface area contributed by atoms with Crippen LogP contribution in [0.4, 0.5) is 0 Å². The van der Waals surface area contributed by atoms with Gasteiger partial charge >= 0.3 is 0 Å². The van der Waals surface area contributed by atoms with E-state index in [1.165, 1.54) is 4.57 Å². The van der Waals surface area contributed by atoms with Crippen molar-refractivity contribution >= 4 is 29.0 Å². The highest BCUT2D eigenvalue weighted by atomic mass is 32.1. The predicted octanol–water partition coefficient (Wildman–Crippen LogP) is 2.74. The fraction of sp³-hybridized carbons (Fsp3) is 0.158. The molecule has 0 radical (unpaired) electrons. The number of nitrogens with zero attached hydrogens (tertiary/aromatic N) is 3. The van der Waals surface area contributed by atoms with Crippen molar-refractivity contribution in [2.24, 2.45) is 7.05 Å². The van der Waals surface area contributed by atoms with Crippen LogP contribution in [0, 0.1) is 16.1 Å². The lowest BCUT2D eigenvalue weighted by Crippen LogP contribution is -2.26. The van der Waals surface area contributed by atoms with Crippen LogP contribution in [-0.2, 0) is 13.6 Å². The summed E-state index contributed by atoms with van der Waals surface area (Å²) in [5.41, 5.74) is 2.31. The van der Waals surface area contributed by atoms with Crippen molar-refractivity contribution in [1.29, 1.82) is 5.26 Å². The van der Waals surface area contributed by atoms with Gasteiger partial charge in [-0.05, 0) is 48.1 Å². The highest BCUT2D eigenvalue weighted by molar-refractivity contribution is 7.71. The van der Waals surface area contributed by atoms with Gasteiger partial charge in [0.1, 0.15) is 0 Å². The molecule has 0 aliphatic carbocycles. The maximum atomic E-state index is 12.7. The monoisotopic (exact) mass is 364 g/mol. The summed E-state index contributed by atoms with van der Waals surface area (Å²) in [6.45, 7) is 0.412. The number of carbonyl (C=O) groups is 1. The minimum atomic E-state index is -0.200. The molecule has 130 valence electrons. The van der Waals surface area contributed by atoms with Gasteiger partial charge in [-0.1, -0.05) is 12.1 Å². The molecule has 3 aromatic rings. The van der Waals surface area contributed by atoms with E-state index in [4.69, 9.17) is 17.5 Å². The highest BCUT2D eigenvalue weighted by Gasteiger charge is 2.14. The van der Waals surface area contributed by atoms with E-state index in [0.717, 1.165) is 5.56 Å². The first-order valence-electron chi connectivity index (χ1n) is 7.88. The zero-order chi connectivity index (χ0) is 18.8. The number of hydrogen-bond acceptors (Lipinski definition) is 4. The van der Waals surface area contributed by atoms with Gasteiger partial charge in [0.15, 0.2) is 4.77 Å². The van der Waals surface area contributed by atoms with E-state index in [-0.39, 0.29) is 11.5 Å². The number of benzene rings is 2. The number of fused-ring (bicyclic) bond motifs is 1. The molecule has 0 spiro atoms. The van der Waals surface area contributed by atoms with Gasteiger partial charge in [0, 0.05) is 26.2 Å². The van der Waals surface area contributed by atoms with E-state index >= 15 is 0 Å². The smallest absolute Gasteiger partial charge is 0.261 e. The van der Waals surface area contributed by atoms with E-state index in [1.807, 2.05) is 12.1 Å². The van der Waals surface area contributed by atoms with E-state index in [1.54, 1.807) is 49.3 Å². The van der Waals surface area contributed by atoms with Crippen LogP contribution in [0.25, 0.3) is 10.9 Å². The molecule has 6 nitrogen and oxygen atoms in total. The Kier molecular flexibility index (Phi) is 4.69. The van der Waals surface area contributed by atoms with Gasteiger partial charge in [-0.3, -0.25) is 14.2 Å². The molecular formula is C19H16N4O2S. The van der Waals surface area contributed by atoms with E-state index < -0.39 is 0 Å². The summed E-state index contributed by atoms with van der Waals surface area (Å²) in [5, 5.41) is 9.32. The molecule has 0 saturated heterocycles. The van der Waals surface area contributed by atoms with Crippen molar-refractivity contribution < 1.29 is 4.79 Å². The van der Waals surface area contributed by atoms with Crippen molar-refractivity contribution in [3.8, 4) is 6.07 Å². The van der Waals surface area contributed by atoms with Gasteiger partial charge in [0.05, 0.1) is 22.5 Å². The molecule has 1 N–H and O–H groups in total. The Balaban J connectivity index is 1.89. The number of hydrogen-bond donors (Lipinski definition) is 1. The molecule has 3 rings (SSSR count). The quantitative estimate of drug-likeness (QED) is 0.725. The van der Waals surface area contributed by atoms with Crippen molar-refractivity contribution in [3.05, 3.63) is 74.3 Å².